The number of methoxy groups -OCH3 is 1. The summed E-state index contributed by atoms with van der Waals surface area (Å²) in [6.07, 6.45) is 2.59. The molecule has 0 bridgehead atoms. The number of carbonyl (C=O) groups excluding carboxylic acids is 5. The van der Waals surface area contributed by atoms with Crippen LogP contribution < -0.4 is 16.0 Å². The fraction of sp³-hybridized carbons (Fsp3) is 0.216. The number of amides is 4. The molecule has 2 heterocycles. The van der Waals surface area contributed by atoms with Crippen LogP contribution in [-0.2, 0) is 32.1 Å². The summed E-state index contributed by atoms with van der Waals surface area (Å²) in [6.45, 7) is 4.26. The van der Waals surface area contributed by atoms with Crippen molar-refractivity contribution in [2.24, 2.45) is 0 Å². The van der Waals surface area contributed by atoms with Crippen molar-refractivity contribution in [1.29, 1.82) is 0 Å². The first-order valence-electron chi connectivity index (χ1n) is 15.7. The molecule has 3 aromatic carbocycles. The molecule has 10 nitrogen and oxygen atoms in total. The van der Waals surface area contributed by atoms with E-state index in [-0.39, 0.29) is 17.5 Å². The largest absolute Gasteiger partial charge is 0.465 e. The van der Waals surface area contributed by atoms with Gasteiger partial charge in [0.2, 0.25) is 11.8 Å². The summed E-state index contributed by atoms with van der Waals surface area (Å²) in [4.78, 5) is 68.1. The highest BCUT2D eigenvalue weighted by Gasteiger charge is 2.31. The van der Waals surface area contributed by atoms with Crippen LogP contribution in [0, 0.1) is 0 Å². The Morgan fingerprint density at radius 3 is 2.35 bits per heavy atom. The fourth-order valence-corrected chi connectivity index (χ4v) is 7.53. The van der Waals surface area contributed by atoms with Crippen molar-refractivity contribution in [1.82, 2.24) is 10.2 Å². The summed E-state index contributed by atoms with van der Waals surface area (Å²) in [6, 6.07) is 24.9. The van der Waals surface area contributed by atoms with Crippen LogP contribution in [0.3, 0.4) is 0 Å². The second-order valence-electron chi connectivity index (χ2n) is 11.2. The van der Waals surface area contributed by atoms with Crippen LogP contribution in [0.2, 0.25) is 0 Å². The smallest absolute Gasteiger partial charge is 0.341 e. The highest BCUT2D eigenvalue weighted by Crippen LogP contribution is 2.38. The van der Waals surface area contributed by atoms with Crippen LogP contribution in [0.1, 0.15) is 57.0 Å². The minimum atomic E-state index is -0.533. The molecule has 1 aliphatic heterocycles. The number of esters is 1. The molecule has 1 unspecified atom stereocenters. The van der Waals surface area contributed by atoms with Gasteiger partial charge in [-0.05, 0) is 60.4 Å². The monoisotopic (exact) mass is 696 g/mol. The van der Waals surface area contributed by atoms with Crippen LogP contribution >= 0.6 is 23.1 Å². The summed E-state index contributed by atoms with van der Waals surface area (Å²) >= 11 is 2.61. The van der Waals surface area contributed by atoms with E-state index in [1.54, 1.807) is 59.5 Å². The van der Waals surface area contributed by atoms with Gasteiger partial charge in [-0.25, -0.2) is 4.79 Å². The third-order valence-electron chi connectivity index (χ3n) is 7.80. The van der Waals surface area contributed by atoms with Gasteiger partial charge in [0.1, 0.15) is 10.7 Å². The number of benzene rings is 3. The summed E-state index contributed by atoms with van der Waals surface area (Å²) < 4.78 is 5.05. The topological polar surface area (TPSA) is 134 Å². The van der Waals surface area contributed by atoms with E-state index in [9.17, 15) is 24.0 Å². The van der Waals surface area contributed by atoms with E-state index < -0.39 is 23.0 Å². The van der Waals surface area contributed by atoms with E-state index in [0.717, 1.165) is 20.9 Å². The van der Waals surface area contributed by atoms with Gasteiger partial charge in [-0.3, -0.25) is 19.2 Å². The first-order valence-corrected chi connectivity index (χ1v) is 17.4. The molecule has 0 fully saturated rings. The Hall–Kier alpha value is -5.20. The lowest BCUT2D eigenvalue weighted by molar-refractivity contribution is -0.129. The molecule has 12 heteroatoms. The van der Waals surface area contributed by atoms with Crippen LogP contribution in [0.4, 0.5) is 10.7 Å². The zero-order valence-corrected chi connectivity index (χ0v) is 28.9. The highest BCUT2D eigenvalue weighted by atomic mass is 32.2. The van der Waals surface area contributed by atoms with E-state index >= 15 is 0 Å². The average Bonchev–Trinajstić information content (AvgIpc) is 3.47. The van der Waals surface area contributed by atoms with Crippen LogP contribution in [0.15, 0.2) is 95.5 Å². The summed E-state index contributed by atoms with van der Waals surface area (Å²) in [5.41, 5.74) is 2.83. The van der Waals surface area contributed by atoms with Gasteiger partial charge in [-0.15, -0.1) is 23.1 Å². The molecular weight excluding hydrogens is 661 g/mol. The van der Waals surface area contributed by atoms with Crippen LogP contribution in [-0.4, -0.2) is 53.4 Å². The van der Waals surface area contributed by atoms with Crippen LogP contribution in [0.25, 0.3) is 6.08 Å². The quantitative estimate of drug-likeness (QED) is 0.0945. The van der Waals surface area contributed by atoms with E-state index in [2.05, 4.69) is 16.0 Å². The molecule has 252 valence electrons. The van der Waals surface area contributed by atoms with E-state index in [0.29, 0.717) is 47.7 Å². The van der Waals surface area contributed by atoms with Crippen molar-refractivity contribution in [3.8, 4) is 0 Å². The van der Waals surface area contributed by atoms with Crippen molar-refractivity contribution in [2.75, 3.05) is 24.3 Å². The number of fused-ring (bicyclic) bond motifs is 1. The Bertz CT molecular complexity index is 1890. The first-order chi connectivity index (χ1) is 23.7. The Labute approximate surface area is 292 Å². The SMILES string of the molecule is CCC(Sc1cccc(NC(=O)/C(=C/c2ccccc2)NC(=O)c2ccccc2)c1)C(=O)Nc1sc2c(c1C(=O)OC)CCN(C(C)=O)C2. The third-order valence-corrected chi connectivity index (χ3v) is 10.3. The molecule has 49 heavy (non-hydrogen) atoms. The molecule has 0 aliphatic carbocycles. The third kappa shape index (κ3) is 8.84. The predicted molar refractivity (Wildman–Crippen MR) is 192 cm³/mol. The summed E-state index contributed by atoms with van der Waals surface area (Å²) in [5, 5.41) is 8.44. The molecular formula is C37H36N4O6S2. The highest BCUT2D eigenvalue weighted by molar-refractivity contribution is 8.00. The number of ether oxygens (including phenoxy) is 1. The molecule has 0 saturated carbocycles. The number of thioether (sulfide) groups is 1. The fourth-order valence-electron chi connectivity index (χ4n) is 5.26. The molecule has 1 aromatic heterocycles. The van der Waals surface area contributed by atoms with E-state index in [1.165, 1.54) is 37.1 Å². The number of thiophene rings is 1. The number of hydrogen-bond acceptors (Lipinski definition) is 8. The van der Waals surface area contributed by atoms with Crippen LogP contribution in [0.5, 0.6) is 0 Å². The Morgan fingerprint density at radius 2 is 1.67 bits per heavy atom. The second kappa shape index (κ2) is 16.3. The van der Waals surface area contributed by atoms with Crippen molar-refractivity contribution in [3.05, 3.63) is 118 Å². The zero-order valence-electron chi connectivity index (χ0n) is 27.3. The molecule has 0 spiro atoms. The molecule has 0 saturated heterocycles. The Kier molecular flexibility index (Phi) is 11.7. The molecule has 4 aromatic rings. The molecule has 5 rings (SSSR count). The minimum Gasteiger partial charge on any atom is -0.465 e. The lowest BCUT2D eigenvalue weighted by Crippen LogP contribution is -2.34. The van der Waals surface area contributed by atoms with E-state index in [1.807, 2.05) is 43.3 Å². The van der Waals surface area contributed by atoms with Gasteiger partial charge in [0.25, 0.3) is 11.8 Å². The number of nitrogens with zero attached hydrogens (tertiary/aromatic N) is 1. The predicted octanol–water partition coefficient (Wildman–Crippen LogP) is 6.36. The average molecular weight is 697 g/mol. The number of hydrogen-bond donors (Lipinski definition) is 3. The standard InChI is InChI=1S/C37H36N4O6S2/c1-4-30(35(45)40-36-32(37(46)47-3)28-18-19-41(23(2)42)22-31(28)49-36)48-27-17-11-16-26(21-27)38-34(44)29(20-24-12-7-5-8-13-24)39-33(43)25-14-9-6-10-15-25/h5-17,20-21,30H,4,18-19,22H2,1-3H3,(H,38,44)(H,39,43)(H,40,45)/b29-20-. The Morgan fingerprint density at radius 1 is 0.959 bits per heavy atom. The zero-order chi connectivity index (χ0) is 34.9. The van der Waals surface area contributed by atoms with Crippen molar-refractivity contribution < 1.29 is 28.7 Å². The van der Waals surface area contributed by atoms with Gasteiger partial charge in [-0.1, -0.05) is 61.5 Å². The lowest BCUT2D eigenvalue weighted by atomic mass is 10.0. The molecule has 1 atom stereocenters. The normalized spacial score (nSPS) is 13.1. The number of anilines is 2. The van der Waals surface area contributed by atoms with Gasteiger partial charge in [-0.2, -0.15) is 0 Å². The Balaban J connectivity index is 1.31. The van der Waals surface area contributed by atoms with Gasteiger partial charge >= 0.3 is 5.97 Å². The van der Waals surface area contributed by atoms with Gasteiger partial charge in [0, 0.05) is 34.5 Å². The number of carbonyl (C=O) groups is 5. The maximum absolute atomic E-state index is 13.6. The molecule has 1 aliphatic rings. The van der Waals surface area contributed by atoms with Gasteiger partial charge in [0.15, 0.2) is 0 Å². The maximum Gasteiger partial charge on any atom is 0.341 e. The summed E-state index contributed by atoms with van der Waals surface area (Å²) in [7, 11) is 1.30. The number of rotatable bonds is 11. The maximum atomic E-state index is 13.6. The molecule has 3 N–H and O–H groups in total. The first kappa shape index (κ1) is 35.1. The van der Waals surface area contributed by atoms with Gasteiger partial charge in [0.05, 0.1) is 24.5 Å². The number of nitrogens with one attached hydrogen (secondary N) is 3. The van der Waals surface area contributed by atoms with Crippen molar-refractivity contribution in [2.45, 2.75) is 43.4 Å². The summed E-state index contributed by atoms with van der Waals surface area (Å²) in [5.74, 6) is -1.80. The second-order valence-corrected chi connectivity index (χ2v) is 13.5. The molecule has 0 radical (unpaired) electrons. The minimum absolute atomic E-state index is 0.0505. The van der Waals surface area contributed by atoms with Crippen molar-refractivity contribution in [3.63, 3.8) is 0 Å². The van der Waals surface area contributed by atoms with Crippen molar-refractivity contribution >= 4 is 69.5 Å². The molecule has 4 amide bonds. The lowest BCUT2D eigenvalue weighted by Gasteiger charge is -2.25. The van der Waals surface area contributed by atoms with E-state index in [4.69, 9.17) is 4.74 Å². The van der Waals surface area contributed by atoms with Gasteiger partial charge < -0.3 is 25.6 Å².